The average molecular weight is 461 g/mol. The van der Waals surface area contributed by atoms with E-state index in [0.717, 1.165) is 51.9 Å². The van der Waals surface area contributed by atoms with Crippen molar-refractivity contribution >= 4 is 11.8 Å². The molecule has 3 aliphatic heterocycles. The van der Waals surface area contributed by atoms with Gasteiger partial charge in [0.1, 0.15) is 5.54 Å². The Bertz CT molecular complexity index is 708. The van der Waals surface area contributed by atoms with Crippen molar-refractivity contribution in [3.05, 3.63) is 0 Å². The molecule has 0 aromatic rings. The lowest BCUT2D eigenvalue weighted by Gasteiger charge is -2.33. The van der Waals surface area contributed by atoms with Crippen LogP contribution in [-0.2, 0) is 19.1 Å². The number of hydrogen-bond acceptors (Lipinski definition) is 6. The Balaban J connectivity index is 1.40. The first-order chi connectivity index (χ1) is 16.1. The molecule has 2 atom stereocenters. The molecular formula is C25H40N4O4. The Kier molecular flexibility index (Phi) is 8.61. The lowest BCUT2D eigenvalue weighted by molar-refractivity contribution is -0.140. The number of nitrogens with zero attached hydrogens (tertiary/aromatic N) is 3. The second-order valence-electron chi connectivity index (χ2n) is 10.4. The van der Waals surface area contributed by atoms with Gasteiger partial charge in [-0.05, 0) is 31.6 Å². The van der Waals surface area contributed by atoms with Crippen LogP contribution in [0.25, 0.3) is 0 Å². The van der Waals surface area contributed by atoms with Gasteiger partial charge < -0.3 is 19.7 Å². The van der Waals surface area contributed by atoms with E-state index in [-0.39, 0.29) is 24.2 Å². The second-order valence-corrected chi connectivity index (χ2v) is 10.4. The molecule has 8 nitrogen and oxygen atoms in total. The molecule has 184 valence electrons. The largest absolute Gasteiger partial charge is 0.381 e. The van der Waals surface area contributed by atoms with Crippen LogP contribution in [0.3, 0.4) is 0 Å². The maximum Gasteiger partial charge on any atom is 0.224 e. The molecule has 1 N–H and O–H groups in total. The fourth-order valence-electron chi connectivity index (χ4n) is 6.02. The number of hydrogen-bond donors (Lipinski definition) is 1. The predicted octanol–water partition coefficient (Wildman–Crippen LogP) is 2.09. The maximum atomic E-state index is 13.5. The van der Waals surface area contributed by atoms with Gasteiger partial charge in [-0.15, -0.1) is 0 Å². The Labute approximate surface area is 197 Å². The first-order valence-corrected chi connectivity index (χ1v) is 13.0. The third kappa shape index (κ3) is 6.46. The number of likely N-dealkylation sites (tertiary alicyclic amines) is 1. The Morgan fingerprint density at radius 3 is 2.39 bits per heavy atom. The normalized spacial score (nSPS) is 28.9. The summed E-state index contributed by atoms with van der Waals surface area (Å²) in [7, 11) is 0. The SMILES string of the molecule is N#CC1(NC(=O)C(CC(=O)N2CCOCC2)CC2CCCCC2)CCN(C2CCOCC2)C1. The molecule has 0 aromatic heterocycles. The summed E-state index contributed by atoms with van der Waals surface area (Å²) in [6, 6.07) is 2.86. The molecule has 1 saturated carbocycles. The number of rotatable bonds is 7. The van der Waals surface area contributed by atoms with Gasteiger partial charge in [-0.25, -0.2) is 0 Å². The summed E-state index contributed by atoms with van der Waals surface area (Å²) >= 11 is 0. The summed E-state index contributed by atoms with van der Waals surface area (Å²) < 4.78 is 10.9. The molecule has 3 heterocycles. The van der Waals surface area contributed by atoms with Crippen molar-refractivity contribution in [2.24, 2.45) is 11.8 Å². The molecule has 1 aliphatic carbocycles. The highest BCUT2D eigenvalue weighted by atomic mass is 16.5. The summed E-state index contributed by atoms with van der Waals surface area (Å²) in [6.07, 6.45) is 9.52. The van der Waals surface area contributed by atoms with Gasteiger partial charge in [0.05, 0.1) is 19.3 Å². The number of amides is 2. The van der Waals surface area contributed by atoms with Gasteiger partial charge in [-0.2, -0.15) is 5.26 Å². The van der Waals surface area contributed by atoms with E-state index >= 15 is 0 Å². The molecule has 2 unspecified atom stereocenters. The minimum Gasteiger partial charge on any atom is -0.381 e. The predicted molar refractivity (Wildman–Crippen MR) is 123 cm³/mol. The number of morpholine rings is 1. The number of ether oxygens (including phenoxy) is 2. The highest BCUT2D eigenvalue weighted by Gasteiger charge is 2.43. The van der Waals surface area contributed by atoms with Crippen molar-refractivity contribution < 1.29 is 19.1 Å². The molecule has 4 rings (SSSR count). The molecule has 4 aliphatic rings. The quantitative estimate of drug-likeness (QED) is 0.625. The first kappa shape index (κ1) is 24.4. The molecule has 0 spiro atoms. The van der Waals surface area contributed by atoms with Crippen LogP contribution >= 0.6 is 0 Å². The van der Waals surface area contributed by atoms with E-state index in [1.807, 2.05) is 4.90 Å². The van der Waals surface area contributed by atoms with Crippen molar-refractivity contribution in [1.29, 1.82) is 5.26 Å². The summed E-state index contributed by atoms with van der Waals surface area (Å²) in [5, 5.41) is 13.2. The van der Waals surface area contributed by atoms with Gasteiger partial charge >= 0.3 is 0 Å². The van der Waals surface area contributed by atoms with E-state index < -0.39 is 5.54 Å². The fourth-order valence-corrected chi connectivity index (χ4v) is 6.02. The Morgan fingerprint density at radius 1 is 1.00 bits per heavy atom. The lowest BCUT2D eigenvalue weighted by atomic mass is 9.81. The van der Waals surface area contributed by atoms with Crippen molar-refractivity contribution in [1.82, 2.24) is 15.1 Å². The van der Waals surface area contributed by atoms with Gasteiger partial charge in [0.25, 0.3) is 0 Å². The maximum absolute atomic E-state index is 13.5. The zero-order valence-corrected chi connectivity index (χ0v) is 19.9. The molecule has 8 heteroatoms. The Hall–Kier alpha value is -1.69. The third-order valence-corrected chi connectivity index (χ3v) is 8.08. The smallest absolute Gasteiger partial charge is 0.224 e. The number of carbonyl (C=O) groups is 2. The first-order valence-electron chi connectivity index (χ1n) is 13.0. The lowest BCUT2D eigenvalue weighted by Crippen LogP contribution is -2.53. The van der Waals surface area contributed by atoms with Gasteiger partial charge in [0, 0.05) is 57.8 Å². The molecule has 0 bridgehead atoms. The summed E-state index contributed by atoms with van der Waals surface area (Å²) in [5.41, 5.74) is -0.859. The highest BCUT2D eigenvalue weighted by Crippen LogP contribution is 2.32. The Morgan fingerprint density at radius 2 is 1.70 bits per heavy atom. The van der Waals surface area contributed by atoms with E-state index in [1.54, 1.807) is 0 Å². The zero-order chi connectivity index (χ0) is 23.1. The topological polar surface area (TPSA) is 94.9 Å². The molecule has 3 saturated heterocycles. The molecule has 2 amide bonds. The number of nitrogens with one attached hydrogen (secondary N) is 1. The van der Waals surface area contributed by atoms with Gasteiger partial charge in [0.2, 0.25) is 11.8 Å². The third-order valence-electron chi connectivity index (χ3n) is 8.08. The van der Waals surface area contributed by atoms with Crippen LogP contribution in [0.15, 0.2) is 0 Å². The van der Waals surface area contributed by atoms with E-state index in [4.69, 9.17) is 9.47 Å². The minimum atomic E-state index is -0.859. The van der Waals surface area contributed by atoms with Gasteiger partial charge in [-0.1, -0.05) is 32.1 Å². The van der Waals surface area contributed by atoms with Crippen molar-refractivity contribution in [3.8, 4) is 6.07 Å². The van der Waals surface area contributed by atoms with Crippen LogP contribution in [0.1, 0.15) is 64.2 Å². The van der Waals surface area contributed by atoms with E-state index in [2.05, 4.69) is 16.3 Å². The van der Waals surface area contributed by atoms with E-state index in [0.29, 0.717) is 51.2 Å². The van der Waals surface area contributed by atoms with Crippen LogP contribution in [0.5, 0.6) is 0 Å². The monoisotopic (exact) mass is 460 g/mol. The second kappa shape index (κ2) is 11.6. The van der Waals surface area contributed by atoms with Gasteiger partial charge in [-0.3, -0.25) is 14.5 Å². The van der Waals surface area contributed by atoms with E-state index in [1.165, 1.54) is 19.3 Å². The summed E-state index contributed by atoms with van der Waals surface area (Å²) in [5.74, 6) is 0.0474. The summed E-state index contributed by atoms with van der Waals surface area (Å²) in [6.45, 7) is 5.22. The van der Waals surface area contributed by atoms with Crippen LogP contribution in [-0.4, -0.2) is 85.8 Å². The standard InChI is InChI=1S/C25H40N4O4/c26-18-25(8-9-29(19-25)22-6-12-32-13-7-22)27-24(31)21(16-20-4-2-1-3-5-20)17-23(30)28-10-14-33-15-11-28/h20-22H,1-17,19H2,(H,27,31). The molecule has 33 heavy (non-hydrogen) atoms. The number of nitriles is 1. The molecular weight excluding hydrogens is 420 g/mol. The van der Waals surface area contributed by atoms with Crippen LogP contribution in [0, 0.1) is 23.2 Å². The van der Waals surface area contributed by atoms with E-state index in [9.17, 15) is 14.9 Å². The van der Waals surface area contributed by atoms with Crippen LogP contribution in [0.2, 0.25) is 0 Å². The average Bonchev–Trinajstić information content (AvgIpc) is 3.30. The summed E-state index contributed by atoms with van der Waals surface area (Å²) in [4.78, 5) is 30.7. The minimum absolute atomic E-state index is 0.0375. The number of carbonyl (C=O) groups excluding carboxylic acids is 2. The molecule has 0 aromatic carbocycles. The fraction of sp³-hybridized carbons (Fsp3) is 0.880. The van der Waals surface area contributed by atoms with Crippen molar-refractivity contribution in [2.45, 2.75) is 75.8 Å². The molecule has 4 fully saturated rings. The molecule has 0 radical (unpaired) electrons. The van der Waals surface area contributed by atoms with Crippen LogP contribution < -0.4 is 5.32 Å². The van der Waals surface area contributed by atoms with Crippen molar-refractivity contribution in [3.63, 3.8) is 0 Å². The highest BCUT2D eigenvalue weighted by molar-refractivity contribution is 5.86. The zero-order valence-electron chi connectivity index (χ0n) is 19.9. The van der Waals surface area contributed by atoms with Gasteiger partial charge in [0.15, 0.2) is 0 Å². The van der Waals surface area contributed by atoms with Crippen LogP contribution in [0.4, 0.5) is 0 Å². The van der Waals surface area contributed by atoms with Crippen molar-refractivity contribution in [2.75, 3.05) is 52.6 Å².